The van der Waals surface area contributed by atoms with Crippen molar-refractivity contribution in [1.82, 2.24) is 0 Å². The molecule has 0 bridgehead atoms. The van der Waals surface area contributed by atoms with Gasteiger partial charge in [0.15, 0.2) is 18.1 Å². The van der Waals surface area contributed by atoms with Crippen molar-refractivity contribution in [3.8, 4) is 0 Å². The number of esters is 1. The Kier molecular flexibility index (Phi) is 4.68. The van der Waals surface area contributed by atoms with Gasteiger partial charge in [-0.05, 0) is 57.1 Å². The second-order valence-electron chi connectivity index (χ2n) is 9.87. The van der Waals surface area contributed by atoms with Crippen molar-refractivity contribution >= 4 is 17.5 Å². The third-order valence-corrected chi connectivity index (χ3v) is 8.66. The standard InChI is InChI=1S/C23H29FO6/c1-13(25)30-12-19(28)22(29)9-7-16-17-5-4-14-10-15(26)6-8-20(14,2)23(17,24)18(27)11-21(16,22)3/h6,8,10,16-18,27,29H,4-5,7,9,11-12H2,1-3H3/t16-,17-,18-,20+,21-,22-,23-/m1/s1. The summed E-state index contributed by atoms with van der Waals surface area (Å²) in [5, 5.41) is 22.6. The fraction of sp³-hybridized carbons (Fsp3) is 0.696. The molecule has 0 spiro atoms. The Morgan fingerprint density at radius 1 is 1.27 bits per heavy atom. The summed E-state index contributed by atoms with van der Waals surface area (Å²) < 4.78 is 21.7. The van der Waals surface area contributed by atoms with Crippen molar-refractivity contribution in [3.05, 3.63) is 23.8 Å². The molecule has 4 aliphatic carbocycles. The summed E-state index contributed by atoms with van der Waals surface area (Å²) in [6.07, 6.45) is 4.47. The first kappa shape index (κ1) is 21.4. The Bertz CT molecular complexity index is 879. The van der Waals surface area contributed by atoms with Crippen LogP contribution in [-0.2, 0) is 19.1 Å². The molecule has 7 atom stereocenters. The molecule has 0 aromatic carbocycles. The lowest BCUT2D eigenvalue weighted by atomic mass is 9.44. The number of hydrogen-bond donors (Lipinski definition) is 2. The van der Waals surface area contributed by atoms with Gasteiger partial charge >= 0.3 is 5.97 Å². The number of aliphatic hydroxyl groups is 2. The molecule has 0 radical (unpaired) electrons. The maximum absolute atomic E-state index is 16.9. The topological polar surface area (TPSA) is 101 Å². The van der Waals surface area contributed by atoms with Crippen molar-refractivity contribution in [1.29, 1.82) is 0 Å². The zero-order valence-corrected chi connectivity index (χ0v) is 17.6. The fourth-order valence-corrected chi connectivity index (χ4v) is 6.96. The van der Waals surface area contributed by atoms with Gasteiger partial charge < -0.3 is 14.9 Å². The Hall–Kier alpha value is -1.86. The zero-order chi connectivity index (χ0) is 22.1. The van der Waals surface area contributed by atoms with Gasteiger partial charge in [-0.15, -0.1) is 0 Å². The lowest BCUT2D eigenvalue weighted by Crippen LogP contribution is -2.69. The molecule has 4 aliphatic rings. The van der Waals surface area contributed by atoms with E-state index in [9.17, 15) is 24.6 Å². The van der Waals surface area contributed by atoms with E-state index in [4.69, 9.17) is 4.74 Å². The zero-order valence-electron chi connectivity index (χ0n) is 17.6. The van der Waals surface area contributed by atoms with Crippen LogP contribution in [0.5, 0.6) is 0 Å². The minimum Gasteiger partial charge on any atom is -0.458 e. The first-order valence-corrected chi connectivity index (χ1v) is 10.6. The van der Waals surface area contributed by atoms with Crippen LogP contribution >= 0.6 is 0 Å². The average molecular weight is 420 g/mol. The molecule has 3 fully saturated rings. The third-order valence-electron chi connectivity index (χ3n) is 8.66. The summed E-state index contributed by atoms with van der Waals surface area (Å²) in [5.41, 5.74) is -5.23. The average Bonchev–Trinajstić information content (AvgIpc) is 2.94. The molecule has 0 unspecified atom stereocenters. The lowest BCUT2D eigenvalue weighted by Gasteiger charge is -2.62. The largest absolute Gasteiger partial charge is 0.458 e. The van der Waals surface area contributed by atoms with Gasteiger partial charge in [0.05, 0.1) is 6.10 Å². The highest BCUT2D eigenvalue weighted by molar-refractivity contribution is 6.01. The van der Waals surface area contributed by atoms with Crippen LogP contribution in [0.1, 0.15) is 52.9 Å². The predicted octanol–water partition coefficient (Wildman–Crippen LogP) is 2.22. The molecule has 30 heavy (non-hydrogen) atoms. The van der Waals surface area contributed by atoms with Crippen LogP contribution in [0.25, 0.3) is 0 Å². The third kappa shape index (κ3) is 2.51. The van der Waals surface area contributed by atoms with E-state index >= 15 is 4.39 Å². The van der Waals surface area contributed by atoms with Crippen molar-refractivity contribution in [2.24, 2.45) is 22.7 Å². The highest BCUT2D eigenvalue weighted by Crippen LogP contribution is 2.69. The minimum absolute atomic E-state index is 0.0857. The summed E-state index contributed by atoms with van der Waals surface area (Å²) in [6.45, 7) is 4.12. The van der Waals surface area contributed by atoms with Crippen molar-refractivity contribution < 1.29 is 33.7 Å². The maximum atomic E-state index is 16.9. The highest BCUT2D eigenvalue weighted by atomic mass is 19.1. The molecular formula is C23H29FO6. The van der Waals surface area contributed by atoms with E-state index < -0.39 is 52.5 Å². The number of ketones is 2. The molecule has 164 valence electrons. The van der Waals surface area contributed by atoms with E-state index in [0.717, 1.165) is 0 Å². The lowest BCUT2D eigenvalue weighted by molar-refractivity contribution is -0.217. The molecule has 0 heterocycles. The summed E-state index contributed by atoms with van der Waals surface area (Å²) in [7, 11) is 0. The SMILES string of the molecule is CC(=O)OCC(=O)[C@]1(O)CC[C@@H]2[C@H]3CCC4=CC(=O)C=C[C@]4(C)[C@]3(F)[C@H](O)C[C@]21C. The Labute approximate surface area is 175 Å². The molecule has 0 saturated heterocycles. The number of halogens is 1. The van der Waals surface area contributed by atoms with E-state index in [1.807, 2.05) is 0 Å². The molecule has 4 rings (SSSR count). The van der Waals surface area contributed by atoms with Crippen LogP contribution in [0.4, 0.5) is 4.39 Å². The van der Waals surface area contributed by atoms with Gasteiger partial charge in [0.2, 0.25) is 5.78 Å². The van der Waals surface area contributed by atoms with Crippen LogP contribution in [0, 0.1) is 22.7 Å². The van der Waals surface area contributed by atoms with Crippen LogP contribution in [-0.4, -0.2) is 51.7 Å². The van der Waals surface area contributed by atoms with Crippen molar-refractivity contribution in [2.45, 2.75) is 70.2 Å². The summed E-state index contributed by atoms with van der Waals surface area (Å²) in [4.78, 5) is 35.8. The summed E-state index contributed by atoms with van der Waals surface area (Å²) >= 11 is 0. The Balaban J connectivity index is 1.72. The number of Topliss-reactive ketones (excluding diaryl/α,β-unsaturated/α-hetero) is 1. The van der Waals surface area contributed by atoms with E-state index in [-0.39, 0.29) is 24.5 Å². The molecule has 2 N–H and O–H groups in total. The van der Waals surface area contributed by atoms with Gasteiger partial charge in [-0.25, -0.2) is 4.39 Å². The van der Waals surface area contributed by atoms with Crippen LogP contribution in [0.3, 0.4) is 0 Å². The van der Waals surface area contributed by atoms with Crippen molar-refractivity contribution in [3.63, 3.8) is 0 Å². The second-order valence-corrected chi connectivity index (χ2v) is 9.87. The molecule has 0 aliphatic heterocycles. The first-order chi connectivity index (χ1) is 13.9. The van der Waals surface area contributed by atoms with Gasteiger partial charge in [-0.3, -0.25) is 14.4 Å². The number of rotatable bonds is 3. The maximum Gasteiger partial charge on any atom is 0.303 e. The van der Waals surface area contributed by atoms with Gasteiger partial charge in [-0.2, -0.15) is 0 Å². The quantitative estimate of drug-likeness (QED) is 0.679. The molecule has 6 nitrogen and oxygen atoms in total. The first-order valence-electron chi connectivity index (χ1n) is 10.6. The van der Waals surface area contributed by atoms with E-state index in [1.165, 1.54) is 19.1 Å². The summed E-state index contributed by atoms with van der Waals surface area (Å²) in [5.74, 6) is -2.28. The molecule has 0 amide bonds. The Morgan fingerprint density at radius 2 is 1.97 bits per heavy atom. The summed E-state index contributed by atoms with van der Waals surface area (Å²) in [6, 6.07) is 0. The second kappa shape index (κ2) is 6.57. The van der Waals surface area contributed by atoms with E-state index in [0.29, 0.717) is 24.8 Å². The van der Waals surface area contributed by atoms with Gasteiger partial charge in [-0.1, -0.05) is 18.6 Å². The molecule has 7 heteroatoms. The number of fused-ring (bicyclic) bond motifs is 5. The van der Waals surface area contributed by atoms with Crippen LogP contribution in [0.2, 0.25) is 0 Å². The van der Waals surface area contributed by atoms with Gasteiger partial charge in [0.1, 0.15) is 5.60 Å². The molecule has 3 saturated carbocycles. The fourth-order valence-electron chi connectivity index (χ4n) is 6.96. The molecule has 0 aromatic rings. The highest BCUT2D eigenvalue weighted by Gasteiger charge is 2.74. The number of aliphatic hydroxyl groups excluding tert-OH is 1. The molecular weight excluding hydrogens is 391 g/mol. The normalized spacial score (nSPS) is 47.1. The number of carbonyl (C=O) groups is 3. The number of allylic oxidation sites excluding steroid dienone is 4. The number of carbonyl (C=O) groups excluding carboxylic acids is 3. The minimum atomic E-state index is -2.00. The smallest absolute Gasteiger partial charge is 0.303 e. The number of alkyl halides is 1. The number of ether oxygens (including phenoxy) is 1. The molecule has 0 aromatic heterocycles. The monoisotopic (exact) mass is 420 g/mol. The van der Waals surface area contributed by atoms with Crippen LogP contribution < -0.4 is 0 Å². The van der Waals surface area contributed by atoms with Crippen molar-refractivity contribution in [2.75, 3.05) is 6.61 Å². The number of hydrogen-bond acceptors (Lipinski definition) is 6. The van der Waals surface area contributed by atoms with Gasteiger partial charge in [0.25, 0.3) is 0 Å². The Morgan fingerprint density at radius 3 is 2.63 bits per heavy atom. The van der Waals surface area contributed by atoms with E-state index in [1.54, 1.807) is 19.9 Å². The van der Waals surface area contributed by atoms with E-state index in [2.05, 4.69) is 0 Å². The van der Waals surface area contributed by atoms with Crippen LogP contribution in [0.15, 0.2) is 23.8 Å². The van der Waals surface area contributed by atoms with Gasteiger partial charge in [0, 0.05) is 23.7 Å². The predicted molar refractivity (Wildman–Crippen MR) is 105 cm³/mol.